The molecule has 18 heavy (non-hydrogen) atoms. The summed E-state index contributed by atoms with van der Waals surface area (Å²) in [6, 6.07) is 0.270. The van der Waals surface area contributed by atoms with Crippen molar-refractivity contribution in [2.24, 2.45) is 0 Å². The van der Waals surface area contributed by atoms with Gasteiger partial charge in [0, 0.05) is 39.6 Å². The van der Waals surface area contributed by atoms with Crippen molar-refractivity contribution in [2.45, 2.75) is 25.9 Å². The van der Waals surface area contributed by atoms with Gasteiger partial charge in [-0.05, 0) is 6.42 Å². The highest BCUT2D eigenvalue weighted by Gasteiger charge is 2.23. The number of hydrogen-bond acceptors (Lipinski definition) is 5. The number of carbonyl (C=O) groups excluding carboxylic acids is 1. The van der Waals surface area contributed by atoms with Crippen LogP contribution in [0.3, 0.4) is 0 Å². The third-order valence-electron chi connectivity index (χ3n) is 3.03. The summed E-state index contributed by atoms with van der Waals surface area (Å²) in [7, 11) is 1.82. The summed E-state index contributed by atoms with van der Waals surface area (Å²) in [5, 5.41) is 5.89. The molecule has 1 atom stereocenters. The maximum absolute atomic E-state index is 11.0. The van der Waals surface area contributed by atoms with Gasteiger partial charge in [0.15, 0.2) is 0 Å². The van der Waals surface area contributed by atoms with E-state index in [2.05, 4.69) is 25.5 Å². The fraction of sp³-hybridized carbons (Fsp3) is 0.583. The van der Waals surface area contributed by atoms with E-state index in [-0.39, 0.29) is 11.9 Å². The lowest BCUT2D eigenvalue weighted by Crippen LogP contribution is -2.35. The Bertz CT molecular complexity index is 405. The summed E-state index contributed by atoms with van der Waals surface area (Å²) in [6.45, 7) is 4.22. The molecular weight excluding hydrogens is 230 g/mol. The Balaban J connectivity index is 1.85. The molecule has 0 aliphatic carbocycles. The van der Waals surface area contributed by atoms with Crippen molar-refractivity contribution in [3.8, 4) is 0 Å². The molecule has 1 aliphatic rings. The minimum Gasteiger partial charge on any atom is -0.372 e. The lowest BCUT2D eigenvalue weighted by Gasteiger charge is -2.15. The van der Waals surface area contributed by atoms with Crippen LogP contribution in [0, 0.1) is 0 Å². The summed E-state index contributed by atoms with van der Waals surface area (Å²) in [5.41, 5.74) is 0.956. The van der Waals surface area contributed by atoms with Crippen molar-refractivity contribution in [1.29, 1.82) is 0 Å². The summed E-state index contributed by atoms with van der Waals surface area (Å²) in [6.07, 6.45) is 4.52. The molecule has 1 fully saturated rings. The normalized spacial score (nSPS) is 19.8. The molecule has 98 valence electrons. The maximum Gasteiger partial charge on any atom is 0.217 e. The molecule has 6 nitrogen and oxygen atoms in total. The van der Waals surface area contributed by atoms with Crippen molar-refractivity contribution < 1.29 is 4.79 Å². The van der Waals surface area contributed by atoms with Gasteiger partial charge < -0.3 is 10.6 Å². The molecule has 1 saturated heterocycles. The Labute approximate surface area is 107 Å². The van der Waals surface area contributed by atoms with Crippen LogP contribution >= 0.6 is 0 Å². The van der Waals surface area contributed by atoms with Gasteiger partial charge in [0.2, 0.25) is 5.91 Å². The number of nitrogens with one attached hydrogen (secondary N) is 2. The zero-order valence-electron chi connectivity index (χ0n) is 10.8. The molecule has 2 rings (SSSR count). The predicted molar refractivity (Wildman–Crippen MR) is 69.1 cm³/mol. The molecule has 1 aromatic rings. The van der Waals surface area contributed by atoms with E-state index >= 15 is 0 Å². The van der Waals surface area contributed by atoms with Crippen LogP contribution in [-0.2, 0) is 11.3 Å². The molecule has 1 aromatic heterocycles. The molecule has 0 spiro atoms. The number of hydrogen-bond donors (Lipinski definition) is 2. The van der Waals surface area contributed by atoms with Gasteiger partial charge in [0.1, 0.15) is 5.82 Å². The quantitative estimate of drug-likeness (QED) is 0.799. The summed E-state index contributed by atoms with van der Waals surface area (Å²) in [5.74, 6) is 0.816. The molecule has 2 heterocycles. The second-order valence-electron chi connectivity index (χ2n) is 4.56. The van der Waals surface area contributed by atoms with Gasteiger partial charge in [0.25, 0.3) is 0 Å². The van der Waals surface area contributed by atoms with Crippen LogP contribution in [0.15, 0.2) is 12.4 Å². The molecule has 6 heteroatoms. The molecule has 0 bridgehead atoms. The number of aromatic nitrogens is 2. The summed E-state index contributed by atoms with van der Waals surface area (Å²) >= 11 is 0. The Hall–Kier alpha value is -1.69. The highest BCUT2D eigenvalue weighted by Crippen LogP contribution is 2.12. The number of rotatable bonds is 4. The second kappa shape index (κ2) is 5.77. The Morgan fingerprint density at radius 3 is 2.94 bits per heavy atom. The van der Waals surface area contributed by atoms with Crippen LogP contribution in [0.1, 0.15) is 19.0 Å². The smallest absolute Gasteiger partial charge is 0.217 e. The molecular formula is C12H19N5O. The SMILES string of the molecule is CNc1cnc(CN2CCC(NC(C)=O)C2)cn1. The van der Waals surface area contributed by atoms with E-state index in [1.165, 1.54) is 0 Å². The van der Waals surface area contributed by atoms with Crippen LogP contribution < -0.4 is 10.6 Å². The second-order valence-corrected chi connectivity index (χ2v) is 4.56. The van der Waals surface area contributed by atoms with Gasteiger partial charge in [-0.25, -0.2) is 4.98 Å². The first kappa shape index (κ1) is 12.8. The van der Waals surface area contributed by atoms with E-state index in [0.717, 1.165) is 37.6 Å². The number of anilines is 1. The summed E-state index contributed by atoms with van der Waals surface area (Å²) < 4.78 is 0. The Morgan fingerprint density at radius 2 is 2.33 bits per heavy atom. The van der Waals surface area contributed by atoms with E-state index < -0.39 is 0 Å². The molecule has 1 amide bonds. The van der Waals surface area contributed by atoms with Gasteiger partial charge in [-0.3, -0.25) is 14.7 Å². The molecule has 2 N–H and O–H groups in total. The average molecular weight is 249 g/mol. The molecule has 1 aliphatic heterocycles. The zero-order chi connectivity index (χ0) is 13.0. The number of nitrogens with zero attached hydrogens (tertiary/aromatic N) is 3. The van der Waals surface area contributed by atoms with Gasteiger partial charge in [-0.15, -0.1) is 0 Å². The van der Waals surface area contributed by atoms with Gasteiger partial charge in [-0.1, -0.05) is 0 Å². The van der Waals surface area contributed by atoms with E-state index in [0.29, 0.717) is 0 Å². The maximum atomic E-state index is 11.0. The van der Waals surface area contributed by atoms with Crippen LogP contribution in [0.2, 0.25) is 0 Å². The first-order valence-electron chi connectivity index (χ1n) is 6.15. The largest absolute Gasteiger partial charge is 0.372 e. The molecule has 0 radical (unpaired) electrons. The molecule has 1 unspecified atom stereocenters. The van der Waals surface area contributed by atoms with Crippen LogP contribution in [0.4, 0.5) is 5.82 Å². The van der Waals surface area contributed by atoms with Crippen molar-refractivity contribution in [1.82, 2.24) is 20.2 Å². The zero-order valence-corrected chi connectivity index (χ0v) is 10.8. The number of likely N-dealkylation sites (tertiary alicyclic amines) is 1. The predicted octanol–water partition coefficient (Wildman–Crippen LogP) is 0.229. The Kier molecular flexibility index (Phi) is 4.09. The lowest BCUT2D eigenvalue weighted by atomic mass is 10.2. The van der Waals surface area contributed by atoms with Gasteiger partial charge >= 0.3 is 0 Å². The highest BCUT2D eigenvalue weighted by atomic mass is 16.1. The number of amides is 1. The molecule has 0 saturated carbocycles. The van der Waals surface area contributed by atoms with Crippen molar-refractivity contribution in [3.05, 3.63) is 18.1 Å². The summed E-state index contributed by atoms with van der Waals surface area (Å²) in [4.78, 5) is 21.8. The first-order chi connectivity index (χ1) is 8.67. The fourth-order valence-electron chi connectivity index (χ4n) is 2.18. The third kappa shape index (κ3) is 3.40. The Morgan fingerprint density at radius 1 is 1.50 bits per heavy atom. The van der Waals surface area contributed by atoms with Crippen LogP contribution in [0.25, 0.3) is 0 Å². The first-order valence-corrected chi connectivity index (χ1v) is 6.15. The fourth-order valence-corrected chi connectivity index (χ4v) is 2.18. The number of carbonyl (C=O) groups is 1. The van der Waals surface area contributed by atoms with E-state index in [1.54, 1.807) is 19.3 Å². The third-order valence-corrected chi connectivity index (χ3v) is 3.03. The van der Waals surface area contributed by atoms with Crippen LogP contribution in [-0.4, -0.2) is 47.0 Å². The standard InChI is InChI=1S/C12H19N5O/c1-9(18)16-10-3-4-17(7-10)8-11-5-15-12(13-2)6-14-11/h5-6,10H,3-4,7-8H2,1-2H3,(H,13,15)(H,16,18). The monoisotopic (exact) mass is 249 g/mol. The van der Waals surface area contributed by atoms with Crippen molar-refractivity contribution in [3.63, 3.8) is 0 Å². The minimum absolute atomic E-state index is 0.0417. The van der Waals surface area contributed by atoms with Crippen molar-refractivity contribution >= 4 is 11.7 Å². The topological polar surface area (TPSA) is 70.2 Å². The van der Waals surface area contributed by atoms with E-state index in [9.17, 15) is 4.79 Å². The van der Waals surface area contributed by atoms with E-state index in [4.69, 9.17) is 0 Å². The van der Waals surface area contributed by atoms with Gasteiger partial charge in [0.05, 0.1) is 18.1 Å². The minimum atomic E-state index is 0.0417. The highest BCUT2D eigenvalue weighted by molar-refractivity contribution is 5.73. The lowest BCUT2D eigenvalue weighted by molar-refractivity contribution is -0.119. The van der Waals surface area contributed by atoms with E-state index in [1.807, 2.05) is 7.05 Å². The average Bonchev–Trinajstić information content (AvgIpc) is 2.76. The van der Waals surface area contributed by atoms with Gasteiger partial charge in [-0.2, -0.15) is 0 Å². The van der Waals surface area contributed by atoms with Crippen molar-refractivity contribution in [2.75, 3.05) is 25.5 Å². The van der Waals surface area contributed by atoms with Crippen LogP contribution in [0.5, 0.6) is 0 Å². The molecule has 0 aromatic carbocycles.